The molecule has 0 unspecified atom stereocenters. The van der Waals surface area contributed by atoms with E-state index < -0.39 is 0 Å². The lowest BCUT2D eigenvalue weighted by molar-refractivity contribution is -0.123. The van der Waals surface area contributed by atoms with Gasteiger partial charge in [0.25, 0.3) is 5.91 Å². The molecule has 0 spiro atoms. The summed E-state index contributed by atoms with van der Waals surface area (Å²) >= 11 is 0. The van der Waals surface area contributed by atoms with Gasteiger partial charge < -0.3 is 15.0 Å². The zero-order valence-electron chi connectivity index (χ0n) is 13.2. The van der Waals surface area contributed by atoms with Crippen LogP contribution in [0.25, 0.3) is 11.4 Å². The number of hydrogen-bond acceptors (Lipinski definition) is 3. The van der Waals surface area contributed by atoms with Gasteiger partial charge in [-0.2, -0.15) is 0 Å². The fourth-order valence-corrected chi connectivity index (χ4v) is 2.28. The molecular formula is C19H19N3O2. The van der Waals surface area contributed by atoms with Crippen LogP contribution < -0.4 is 10.1 Å². The first kappa shape index (κ1) is 15.8. The molecule has 0 saturated carbocycles. The number of nitrogens with one attached hydrogen (secondary N) is 2. The second kappa shape index (κ2) is 7.97. The molecule has 3 rings (SSSR count). The topological polar surface area (TPSA) is 67.0 Å². The van der Waals surface area contributed by atoms with E-state index in [1.807, 2.05) is 60.7 Å². The fraction of sp³-hybridized carbons (Fsp3) is 0.158. The SMILES string of the molecule is O=C(COc1ccccc1)NCCc1cnc(-c2ccccc2)[nH]1. The van der Waals surface area contributed by atoms with Crippen molar-refractivity contribution in [2.75, 3.05) is 13.2 Å². The zero-order chi connectivity index (χ0) is 16.6. The summed E-state index contributed by atoms with van der Waals surface area (Å²) in [5.41, 5.74) is 2.03. The monoisotopic (exact) mass is 321 g/mol. The molecule has 0 fully saturated rings. The number of para-hydroxylation sites is 1. The number of ether oxygens (including phenoxy) is 1. The van der Waals surface area contributed by atoms with Gasteiger partial charge in [0.05, 0.1) is 0 Å². The Bertz CT molecular complexity index is 770. The minimum Gasteiger partial charge on any atom is -0.484 e. The van der Waals surface area contributed by atoms with Gasteiger partial charge in [-0.1, -0.05) is 48.5 Å². The molecule has 5 heteroatoms. The Labute approximate surface area is 140 Å². The molecule has 2 aromatic carbocycles. The van der Waals surface area contributed by atoms with Gasteiger partial charge in [0.1, 0.15) is 11.6 Å². The van der Waals surface area contributed by atoms with Crippen molar-refractivity contribution in [1.29, 1.82) is 0 Å². The van der Waals surface area contributed by atoms with Crippen LogP contribution in [-0.4, -0.2) is 29.0 Å². The van der Waals surface area contributed by atoms with Crippen LogP contribution in [0.3, 0.4) is 0 Å². The number of aromatic amines is 1. The summed E-state index contributed by atoms with van der Waals surface area (Å²) < 4.78 is 5.40. The lowest BCUT2D eigenvalue weighted by Gasteiger charge is -2.06. The highest BCUT2D eigenvalue weighted by atomic mass is 16.5. The van der Waals surface area contributed by atoms with E-state index >= 15 is 0 Å². The quantitative estimate of drug-likeness (QED) is 0.703. The number of amides is 1. The fourth-order valence-electron chi connectivity index (χ4n) is 2.28. The van der Waals surface area contributed by atoms with E-state index in [9.17, 15) is 4.79 Å². The van der Waals surface area contributed by atoms with Crippen molar-refractivity contribution < 1.29 is 9.53 Å². The van der Waals surface area contributed by atoms with E-state index in [-0.39, 0.29) is 12.5 Å². The van der Waals surface area contributed by atoms with Crippen LogP contribution in [0.15, 0.2) is 66.9 Å². The van der Waals surface area contributed by atoms with Gasteiger partial charge in [0, 0.05) is 30.4 Å². The van der Waals surface area contributed by atoms with Gasteiger partial charge >= 0.3 is 0 Å². The standard InChI is InChI=1S/C19H19N3O2/c23-18(14-24-17-9-5-2-6-10-17)20-12-11-16-13-21-19(22-16)15-7-3-1-4-8-15/h1-10,13H,11-12,14H2,(H,20,23)(H,21,22). The van der Waals surface area contributed by atoms with Gasteiger partial charge in [-0.25, -0.2) is 4.98 Å². The zero-order valence-corrected chi connectivity index (χ0v) is 13.2. The lowest BCUT2D eigenvalue weighted by atomic mass is 10.2. The number of rotatable bonds is 7. The number of nitrogens with zero attached hydrogens (tertiary/aromatic N) is 1. The largest absolute Gasteiger partial charge is 0.484 e. The molecule has 0 radical (unpaired) electrons. The van der Waals surface area contributed by atoms with E-state index in [0.717, 1.165) is 17.1 Å². The Hall–Kier alpha value is -3.08. The molecule has 1 amide bonds. The molecule has 0 aliphatic carbocycles. The van der Waals surface area contributed by atoms with Crippen LogP contribution >= 0.6 is 0 Å². The highest BCUT2D eigenvalue weighted by molar-refractivity contribution is 5.77. The second-order valence-electron chi connectivity index (χ2n) is 5.32. The van der Waals surface area contributed by atoms with Crippen LogP contribution in [0.5, 0.6) is 5.75 Å². The summed E-state index contributed by atoms with van der Waals surface area (Å²) in [7, 11) is 0. The van der Waals surface area contributed by atoms with Crippen molar-refractivity contribution >= 4 is 5.91 Å². The van der Waals surface area contributed by atoms with E-state index in [4.69, 9.17) is 4.74 Å². The number of hydrogen-bond donors (Lipinski definition) is 2. The number of H-pyrrole nitrogens is 1. The van der Waals surface area contributed by atoms with Crippen molar-refractivity contribution in [3.63, 3.8) is 0 Å². The van der Waals surface area contributed by atoms with Gasteiger partial charge in [0.15, 0.2) is 6.61 Å². The maximum Gasteiger partial charge on any atom is 0.257 e. The smallest absolute Gasteiger partial charge is 0.257 e. The van der Waals surface area contributed by atoms with E-state index in [1.165, 1.54) is 0 Å². The Morgan fingerprint density at radius 1 is 1.04 bits per heavy atom. The Morgan fingerprint density at radius 3 is 2.50 bits per heavy atom. The Balaban J connectivity index is 1.42. The average molecular weight is 321 g/mol. The van der Waals surface area contributed by atoms with Crippen molar-refractivity contribution in [2.45, 2.75) is 6.42 Å². The van der Waals surface area contributed by atoms with Gasteiger partial charge in [0.2, 0.25) is 0 Å². The summed E-state index contributed by atoms with van der Waals surface area (Å²) in [4.78, 5) is 19.4. The number of imidazole rings is 1. The summed E-state index contributed by atoms with van der Waals surface area (Å²) in [6.07, 6.45) is 2.49. The highest BCUT2D eigenvalue weighted by Crippen LogP contribution is 2.14. The molecule has 1 heterocycles. The van der Waals surface area contributed by atoms with Crippen molar-refractivity contribution in [3.8, 4) is 17.1 Å². The highest BCUT2D eigenvalue weighted by Gasteiger charge is 2.05. The number of carbonyl (C=O) groups is 1. The minimum atomic E-state index is -0.137. The summed E-state index contributed by atoms with van der Waals surface area (Å²) in [6, 6.07) is 19.2. The molecule has 5 nitrogen and oxygen atoms in total. The van der Waals surface area contributed by atoms with E-state index in [1.54, 1.807) is 6.20 Å². The molecule has 0 atom stereocenters. The first-order chi connectivity index (χ1) is 11.8. The van der Waals surface area contributed by atoms with Crippen molar-refractivity contribution in [2.24, 2.45) is 0 Å². The molecule has 122 valence electrons. The van der Waals surface area contributed by atoms with E-state index in [0.29, 0.717) is 18.7 Å². The van der Waals surface area contributed by atoms with Gasteiger partial charge in [-0.15, -0.1) is 0 Å². The van der Waals surface area contributed by atoms with Crippen LogP contribution in [0.4, 0.5) is 0 Å². The minimum absolute atomic E-state index is 0.0161. The third-order valence-electron chi connectivity index (χ3n) is 3.51. The molecule has 24 heavy (non-hydrogen) atoms. The van der Waals surface area contributed by atoms with Crippen molar-refractivity contribution in [1.82, 2.24) is 15.3 Å². The summed E-state index contributed by atoms with van der Waals surface area (Å²) in [5.74, 6) is 1.39. The maximum absolute atomic E-state index is 11.8. The summed E-state index contributed by atoms with van der Waals surface area (Å²) in [5, 5.41) is 2.84. The third-order valence-corrected chi connectivity index (χ3v) is 3.51. The van der Waals surface area contributed by atoms with E-state index in [2.05, 4.69) is 15.3 Å². The van der Waals surface area contributed by atoms with Gasteiger partial charge in [-0.05, 0) is 12.1 Å². The molecule has 1 aromatic heterocycles. The molecule has 2 N–H and O–H groups in total. The van der Waals surface area contributed by atoms with Crippen LogP contribution in [0.1, 0.15) is 5.69 Å². The first-order valence-corrected chi connectivity index (χ1v) is 7.85. The van der Waals surface area contributed by atoms with Crippen LogP contribution in [0, 0.1) is 0 Å². The third kappa shape index (κ3) is 4.46. The number of aromatic nitrogens is 2. The summed E-state index contributed by atoms with van der Waals surface area (Å²) in [6.45, 7) is 0.551. The molecular weight excluding hydrogens is 302 g/mol. The normalized spacial score (nSPS) is 10.3. The lowest BCUT2D eigenvalue weighted by Crippen LogP contribution is -2.30. The molecule has 0 aliphatic rings. The number of carbonyl (C=O) groups excluding carboxylic acids is 1. The molecule has 0 bridgehead atoms. The average Bonchev–Trinajstić information content (AvgIpc) is 3.11. The Morgan fingerprint density at radius 2 is 1.75 bits per heavy atom. The van der Waals surface area contributed by atoms with Gasteiger partial charge in [-0.3, -0.25) is 4.79 Å². The first-order valence-electron chi connectivity index (χ1n) is 7.85. The second-order valence-corrected chi connectivity index (χ2v) is 5.32. The van der Waals surface area contributed by atoms with Crippen molar-refractivity contribution in [3.05, 3.63) is 72.6 Å². The van der Waals surface area contributed by atoms with Crippen LogP contribution in [0.2, 0.25) is 0 Å². The molecule has 0 aliphatic heterocycles. The molecule has 0 saturated heterocycles. The molecule has 3 aromatic rings. The predicted molar refractivity (Wildman–Crippen MR) is 92.7 cm³/mol. The van der Waals surface area contributed by atoms with Crippen LogP contribution in [-0.2, 0) is 11.2 Å². The maximum atomic E-state index is 11.8. The predicted octanol–water partition coefficient (Wildman–Crippen LogP) is 2.81. The Kier molecular flexibility index (Phi) is 5.24. The number of benzene rings is 2.